The van der Waals surface area contributed by atoms with E-state index in [0.717, 1.165) is 19.3 Å². The maximum atomic E-state index is 11.9. The highest BCUT2D eigenvalue weighted by Crippen LogP contribution is 2.17. The molecule has 0 spiro atoms. The number of carbonyl (C=O) groups is 1. The van der Waals surface area contributed by atoms with Crippen LogP contribution < -0.4 is 11.1 Å². The highest BCUT2D eigenvalue weighted by Gasteiger charge is 2.23. The van der Waals surface area contributed by atoms with Crippen LogP contribution in [0.25, 0.3) is 0 Å². The summed E-state index contributed by atoms with van der Waals surface area (Å²) in [5.74, 6) is -0.0737. The number of rotatable bonds is 2. The van der Waals surface area contributed by atoms with Gasteiger partial charge in [-0.2, -0.15) is 5.10 Å². The lowest BCUT2D eigenvalue weighted by Crippen LogP contribution is -2.49. The van der Waals surface area contributed by atoms with Gasteiger partial charge in [-0.3, -0.25) is 9.48 Å². The molecular formula is C11H18N4O. The van der Waals surface area contributed by atoms with Crippen LogP contribution in [0.1, 0.15) is 36.0 Å². The summed E-state index contributed by atoms with van der Waals surface area (Å²) in [5.41, 5.74) is 6.57. The van der Waals surface area contributed by atoms with Crippen molar-refractivity contribution in [2.24, 2.45) is 12.8 Å². The highest BCUT2D eigenvalue weighted by atomic mass is 16.1. The van der Waals surface area contributed by atoms with Crippen LogP contribution in [0.4, 0.5) is 0 Å². The van der Waals surface area contributed by atoms with E-state index in [0.29, 0.717) is 5.56 Å². The van der Waals surface area contributed by atoms with Gasteiger partial charge in [0, 0.05) is 25.3 Å². The molecule has 5 heteroatoms. The van der Waals surface area contributed by atoms with Gasteiger partial charge < -0.3 is 11.1 Å². The second-order valence-corrected chi connectivity index (χ2v) is 4.43. The van der Waals surface area contributed by atoms with Gasteiger partial charge in [0.25, 0.3) is 5.91 Å². The zero-order valence-corrected chi connectivity index (χ0v) is 9.52. The molecule has 0 aromatic carbocycles. The van der Waals surface area contributed by atoms with E-state index in [-0.39, 0.29) is 18.0 Å². The topological polar surface area (TPSA) is 72.9 Å². The van der Waals surface area contributed by atoms with E-state index in [4.69, 9.17) is 5.73 Å². The molecule has 0 saturated heterocycles. The van der Waals surface area contributed by atoms with Crippen molar-refractivity contribution in [3.05, 3.63) is 18.0 Å². The molecule has 1 aromatic heterocycles. The molecule has 0 unspecified atom stereocenters. The SMILES string of the molecule is Cn1cc(C(=O)N[C@@H]2CCCC[C@H]2N)cn1. The van der Waals surface area contributed by atoms with Gasteiger partial charge in [-0.15, -0.1) is 0 Å². The lowest BCUT2D eigenvalue weighted by Gasteiger charge is -2.29. The zero-order valence-electron chi connectivity index (χ0n) is 9.52. The van der Waals surface area contributed by atoms with E-state index in [1.54, 1.807) is 24.1 Å². The van der Waals surface area contributed by atoms with E-state index in [1.807, 2.05) is 0 Å². The second-order valence-electron chi connectivity index (χ2n) is 4.43. The molecule has 88 valence electrons. The number of aryl methyl sites for hydroxylation is 1. The lowest BCUT2D eigenvalue weighted by atomic mass is 9.91. The summed E-state index contributed by atoms with van der Waals surface area (Å²) in [6, 6.07) is 0.204. The molecule has 0 aliphatic heterocycles. The Morgan fingerprint density at radius 1 is 1.56 bits per heavy atom. The second kappa shape index (κ2) is 4.65. The molecule has 1 saturated carbocycles. The van der Waals surface area contributed by atoms with Crippen LogP contribution in [0.5, 0.6) is 0 Å². The first kappa shape index (κ1) is 11.1. The van der Waals surface area contributed by atoms with E-state index in [9.17, 15) is 4.79 Å². The van der Waals surface area contributed by atoms with Gasteiger partial charge >= 0.3 is 0 Å². The largest absolute Gasteiger partial charge is 0.348 e. The fraction of sp³-hybridized carbons (Fsp3) is 0.636. The van der Waals surface area contributed by atoms with Crippen LogP contribution in [-0.2, 0) is 7.05 Å². The number of nitrogens with one attached hydrogen (secondary N) is 1. The number of nitrogens with zero attached hydrogens (tertiary/aromatic N) is 2. The molecule has 3 N–H and O–H groups in total. The van der Waals surface area contributed by atoms with Crippen molar-refractivity contribution in [2.45, 2.75) is 37.8 Å². The Kier molecular flexibility index (Phi) is 3.24. The first-order valence-electron chi connectivity index (χ1n) is 5.72. The third-order valence-corrected chi connectivity index (χ3v) is 3.10. The minimum absolute atomic E-state index is 0.0737. The van der Waals surface area contributed by atoms with Gasteiger partial charge in [-0.05, 0) is 12.8 Å². The first-order valence-corrected chi connectivity index (χ1v) is 5.72. The first-order chi connectivity index (χ1) is 7.66. The number of hydrogen-bond acceptors (Lipinski definition) is 3. The smallest absolute Gasteiger partial charge is 0.254 e. The molecule has 1 amide bonds. The third kappa shape index (κ3) is 2.41. The molecule has 0 radical (unpaired) electrons. The van der Waals surface area contributed by atoms with E-state index in [1.165, 1.54) is 6.42 Å². The molecule has 1 aromatic rings. The molecule has 2 rings (SSSR count). The molecule has 2 atom stereocenters. The molecule has 1 aliphatic rings. The monoisotopic (exact) mass is 222 g/mol. The van der Waals surface area contributed by atoms with Gasteiger partial charge in [-0.25, -0.2) is 0 Å². The Morgan fingerprint density at radius 2 is 2.31 bits per heavy atom. The van der Waals surface area contributed by atoms with Crippen molar-refractivity contribution in [2.75, 3.05) is 0 Å². The van der Waals surface area contributed by atoms with Crippen LogP contribution in [0.2, 0.25) is 0 Å². The van der Waals surface area contributed by atoms with Crippen molar-refractivity contribution in [3.63, 3.8) is 0 Å². The Bertz CT molecular complexity index is 374. The number of nitrogens with two attached hydrogens (primary N) is 1. The quantitative estimate of drug-likeness (QED) is 0.761. The van der Waals surface area contributed by atoms with E-state index < -0.39 is 0 Å². The van der Waals surface area contributed by atoms with Crippen molar-refractivity contribution in [3.8, 4) is 0 Å². The summed E-state index contributed by atoms with van der Waals surface area (Å²) in [6.45, 7) is 0. The molecule has 1 aliphatic carbocycles. The normalized spacial score (nSPS) is 25.4. The Labute approximate surface area is 95.0 Å². The van der Waals surface area contributed by atoms with Crippen LogP contribution in [0.3, 0.4) is 0 Å². The summed E-state index contributed by atoms with van der Waals surface area (Å²) in [5, 5.41) is 6.96. The summed E-state index contributed by atoms with van der Waals surface area (Å²) in [4.78, 5) is 11.9. The van der Waals surface area contributed by atoms with E-state index in [2.05, 4.69) is 10.4 Å². The maximum absolute atomic E-state index is 11.9. The van der Waals surface area contributed by atoms with Gasteiger partial charge in [0.05, 0.1) is 11.8 Å². The average Bonchev–Trinajstić information content (AvgIpc) is 2.68. The third-order valence-electron chi connectivity index (χ3n) is 3.10. The Hall–Kier alpha value is -1.36. The van der Waals surface area contributed by atoms with Gasteiger partial charge in [0.2, 0.25) is 0 Å². The summed E-state index contributed by atoms with van der Waals surface area (Å²) in [7, 11) is 1.79. The minimum Gasteiger partial charge on any atom is -0.348 e. The molecule has 16 heavy (non-hydrogen) atoms. The fourth-order valence-corrected chi connectivity index (χ4v) is 2.13. The van der Waals surface area contributed by atoms with Crippen molar-refractivity contribution in [1.82, 2.24) is 15.1 Å². The number of carbonyl (C=O) groups excluding carboxylic acids is 1. The predicted octanol–water partition coefficient (Wildman–Crippen LogP) is 0.420. The highest BCUT2D eigenvalue weighted by molar-refractivity contribution is 5.93. The zero-order chi connectivity index (χ0) is 11.5. The predicted molar refractivity (Wildman–Crippen MR) is 60.9 cm³/mol. The average molecular weight is 222 g/mol. The van der Waals surface area contributed by atoms with Gasteiger partial charge in [-0.1, -0.05) is 12.8 Å². The number of amides is 1. The van der Waals surface area contributed by atoms with Crippen LogP contribution in [0, 0.1) is 0 Å². The molecule has 0 bridgehead atoms. The molecular weight excluding hydrogens is 204 g/mol. The van der Waals surface area contributed by atoms with Crippen LogP contribution >= 0.6 is 0 Å². The maximum Gasteiger partial charge on any atom is 0.254 e. The Morgan fingerprint density at radius 3 is 2.94 bits per heavy atom. The summed E-state index contributed by atoms with van der Waals surface area (Å²) >= 11 is 0. The molecule has 1 heterocycles. The molecule has 5 nitrogen and oxygen atoms in total. The standard InChI is InChI=1S/C11H18N4O/c1-15-7-8(6-13-15)11(16)14-10-5-3-2-4-9(10)12/h6-7,9-10H,2-5,12H2,1H3,(H,14,16)/t9-,10-/m1/s1. The summed E-state index contributed by atoms with van der Waals surface area (Å²) in [6.07, 6.45) is 7.57. The van der Waals surface area contributed by atoms with Crippen molar-refractivity contribution >= 4 is 5.91 Å². The Balaban J connectivity index is 1.96. The van der Waals surface area contributed by atoms with Crippen molar-refractivity contribution < 1.29 is 4.79 Å². The number of hydrogen-bond donors (Lipinski definition) is 2. The van der Waals surface area contributed by atoms with E-state index >= 15 is 0 Å². The minimum atomic E-state index is -0.0737. The van der Waals surface area contributed by atoms with Crippen LogP contribution in [0.15, 0.2) is 12.4 Å². The van der Waals surface area contributed by atoms with Crippen LogP contribution in [-0.4, -0.2) is 27.8 Å². The van der Waals surface area contributed by atoms with Crippen molar-refractivity contribution in [1.29, 1.82) is 0 Å². The molecule has 1 fully saturated rings. The van der Waals surface area contributed by atoms with Gasteiger partial charge in [0.15, 0.2) is 0 Å². The number of aromatic nitrogens is 2. The summed E-state index contributed by atoms with van der Waals surface area (Å²) < 4.78 is 1.62. The fourth-order valence-electron chi connectivity index (χ4n) is 2.13. The lowest BCUT2D eigenvalue weighted by molar-refractivity contribution is 0.0921. The van der Waals surface area contributed by atoms with Gasteiger partial charge in [0.1, 0.15) is 0 Å².